The van der Waals surface area contributed by atoms with Crippen molar-refractivity contribution in [3.8, 4) is 17.3 Å². The molecule has 0 radical (unpaired) electrons. The topological polar surface area (TPSA) is 97.9 Å². The Hall–Kier alpha value is -2.16. The molecule has 5 heterocycles. The summed E-state index contributed by atoms with van der Waals surface area (Å²) in [5, 5.41) is 7.18. The lowest BCUT2D eigenvalue weighted by molar-refractivity contribution is 0.0273. The zero-order valence-corrected chi connectivity index (χ0v) is 13.3. The van der Waals surface area contributed by atoms with E-state index in [4.69, 9.17) is 25.8 Å². The molecule has 3 aromatic heterocycles. The van der Waals surface area contributed by atoms with E-state index in [1.165, 1.54) is 0 Å². The van der Waals surface area contributed by atoms with E-state index in [1.807, 2.05) is 0 Å². The van der Waals surface area contributed by atoms with Gasteiger partial charge in [-0.25, -0.2) is 4.98 Å². The Morgan fingerprint density at radius 3 is 3.12 bits per heavy atom. The fraction of sp³-hybridized carbons (Fsp3) is 0.400. The highest BCUT2D eigenvalue weighted by Gasteiger charge is 2.43. The van der Waals surface area contributed by atoms with Crippen LogP contribution in [0.2, 0.25) is 5.02 Å². The normalized spacial score (nSPS) is 26.1. The minimum absolute atomic E-state index is 0.0312. The van der Waals surface area contributed by atoms with Crippen molar-refractivity contribution in [1.29, 1.82) is 0 Å². The van der Waals surface area contributed by atoms with Gasteiger partial charge >= 0.3 is 0 Å². The molecule has 2 fully saturated rings. The highest BCUT2D eigenvalue weighted by molar-refractivity contribution is 6.33. The van der Waals surface area contributed by atoms with Crippen molar-refractivity contribution in [3.63, 3.8) is 0 Å². The molecule has 9 heteroatoms. The van der Waals surface area contributed by atoms with Crippen molar-refractivity contribution in [2.45, 2.75) is 24.7 Å². The quantitative estimate of drug-likeness (QED) is 0.751. The molecule has 0 spiro atoms. The first-order valence-corrected chi connectivity index (χ1v) is 8.11. The lowest BCUT2D eigenvalue weighted by atomic mass is 10.1. The molecule has 24 heavy (non-hydrogen) atoms. The molecular weight excluding hydrogens is 334 g/mol. The minimum atomic E-state index is -0.165. The zero-order valence-electron chi connectivity index (χ0n) is 12.5. The molecule has 124 valence electrons. The Balaban J connectivity index is 1.45. The van der Waals surface area contributed by atoms with E-state index < -0.39 is 0 Å². The number of aromatic nitrogens is 5. The van der Waals surface area contributed by atoms with Gasteiger partial charge in [-0.15, -0.1) is 0 Å². The van der Waals surface area contributed by atoms with Crippen LogP contribution < -0.4 is 4.74 Å². The van der Waals surface area contributed by atoms with E-state index in [2.05, 4.69) is 25.1 Å². The van der Waals surface area contributed by atoms with Crippen molar-refractivity contribution < 1.29 is 14.2 Å². The number of aromatic amines is 2. The number of halogens is 1. The molecule has 0 aliphatic carbocycles. The monoisotopic (exact) mass is 347 g/mol. The van der Waals surface area contributed by atoms with Crippen LogP contribution in [-0.2, 0) is 9.47 Å². The standard InChI is InChI=1S/C15H14ClN5O3/c16-8-3-9-14(20-12(8)7-4-17-18-5-7)21-15(19-9)24-11-6-23-10-1-2-22-13(10)11/h3-5,10-11,13H,1-2,6H2,(H,17,18)(H,19,20,21). The first kappa shape index (κ1) is 14.2. The maximum absolute atomic E-state index is 6.31. The maximum Gasteiger partial charge on any atom is 0.296 e. The van der Waals surface area contributed by atoms with Crippen molar-refractivity contribution in [3.05, 3.63) is 23.5 Å². The predicted octanol–water partition coefficient (Wildman–Crippen LogP) is 1.94. The second-order valence-corrected chi connectivity index (χ2v) is 6.28. The van der Waals surface area contributed by atoms with Gasteiger partial charge in [-0.1, -0.05) is 11.6 Å². The number of imidazole rings is 1. The SMILES string of the molecule is Clc1cc2[nH]c(OC3COC4CCOC43)nc2nc1-c1cn[nH]c1. The molecule has 3 atom stereocenters. The molecule has 3 aromatic rings. The number of hydrogen-bond donors (Lipinski definition) is 2. The average Bonchev–Trinajstić information content (AvgIpc) is 3.31. The summed E-state index contributed by atoms with van der Waals surface area (Å²) in [7, 11) is 0. The van der Waals surface area contributed by atoms with Gasteiger partial charge in [0.05, 0.1) is 35.1 Å². The van der Waals surface area contributed by atoms with Crippen LogP contribution in [0, 0.1) is 0 Å². The molecule has 2 aliphatic heterocycles. The van der Waals surface area contributed by atoms with Crippen molar-refractivity contribution in [2.24, 2.45) is 0 Å². The second-order valence-electron chi connectivity index (χ2n) is 5.87. The van der Waals surface area contributed by atoms with Gasteiger partial charge in [-0.3, -0.25) is 5.10 Å². The van der Waals surface area contributed by atoms with Gasteiger partial charge in [0, 0.05) is 18.4 Å². The van der Waals surface area contributed by atoms with E-state index in [1.54, 1.807) is 18.5 Å². The van der Waals surface area contributed by atoms with E-state index in [0.29, 0.717) is 41.1 Å². The molecular formula is C15H14ClN5O3. The minimum Gasteiger partial charge on any atom is -0.456 e. The first-order chi connectivity index (χ1) is 11.8. The van der Waals surface area contributed by atoms with Crippen LogP contribution in [0.5, 0.6) is 6.01 Å². The molecule has 3 unspecified atom stereocenters. The summed E-state index contributed by atoms with van der Waals surface area (Å²) in [6.45, 7) is 1.21. The van der Waals surface area contributed by atoms with Gasteiger partial charge in [0.2, 0.25) is 0 Å². The molecule has 0 bridgehead atoms. The second kappa shape index (κ2) is 5.44. The highest BCUT2D eigenvalue weighted by Crippen LogP contribution is 2.31. The van der Waals surface area contributed by atoms with Gasteiger partial charge in [0.1, 0.15) is 6.10 Å². The van der Waals surface area contributed by atoms with Gasteiger partial charge in [-0.2, -0.15) is 10.1 Å². The van der Waals surface area contributed by atoms with E-state index >= 15 is 0 Å². The van der Waals surface area contributed by atoms with Crippen molar-refractivity contribution in [2.75, 3.05) is 13.2 Å². The fourth-order valence-electron chi connectivity index (χ4n) is 3.21. The number of ether oxygens (including phenoxy) is 3. The predicted molar refractivity (Wildman–Crippen MR) is 85.0 cm³/mol. The Kier molecular flexibility index (Phi) is 3.22. The van der Waals surface area contributed by atoms with Gasteiger partial charge < -0.3 is 19.2 Å². The molecule has 2 N–H and O–H groups in total. The Bertz CT molecular complexity index is 881. The number of nitrogens with zero attached hydrogens (tertiary/aromatic N) is 3. The van der Waals surface area contributed by atoms with E-state index in [-0.39, 0.29) is 18.3 Å². The third-order valence-corrected chi connectivity index (χ3v) is 4.65. The molecule has 0 saturated carbocycles. The Labute approximate surface area is 141 Å². The summed E-state index contributed by atoms with van der Waals surface area (Å²) < 4.78 is 17.3. The number of nitrogens with one attached hydrogen (secondary N) is 2. The van der Waals surface area contributed by atoms with Crippen LogP contribution in [0.15, 0.2) is 18.5 Å². The third kappa shape index (κ3) is 2.26. The van der Waals surface area contributed by atoms with Crippen LogP contribution in [0.4, 0.5) is 0 Å². The average molecular weight is 348 g/mol. The smallest absolute Gasteiger partial charge is 0.296 e. The Morgan fingerprint density at radius 1 is 1.29 bits per heavy atom. The summed E-state index contributed by atoms with van der Waals surface area (Å²) in [5.74, 6) is 0. The van der Waals surface area contributed by atoms with Gasteiger partial charge in [-0.05, 0) is 12.5 Å². The van der Waals surface area contributed by atoms with Crippen LogP contribution in [-0.4, -0.2) is 56.7 Å². The lowest BCUT2D eigenvalue weighted by Crippen LogP contribution is -2.32. The van der Waals surface area contributed by atoms with Crippen LogP contribution in [0.1, 0.15) is 6.42 Å². The molecule has 0 aromatic carbocycles. The van der Waals surface area contributed by atoms with Crippen LogP contribution in [0.3, 0.4) is 0 Å². The number of hydrogen-bond acceptors (Lipinski definition) is 6. The lowest BCUT2D eigenvalue weighted by Gasteiger charge is -2.15. The number of fused-ring (bicyclic) bond motifs is 2. The largest absolute Gasteiger partial charge is 0.456 e. The van der Waals surface area contributed by atoms with Crippen LogP contribution >= 0.6 is 11.6 Å². The van der Waals surface area contributed by atoms with E-state index in [0.717, 1.165) is 12.0 Å². The highest BCUT2D eigenvalue weighted by atomic mass is 35.5. The first-order valence-electron chi connectivity index (χ1n) is 7.73. The summed E-state index contributed by atoms with van der Waals surface area (Å²) in [6.07, 6.45) is 4.24. The fourth-order valence-corrected chi connectivity index (χ4v) is 3.47. The number of rotatable bonds is 3. The zero-order chi connectivity index (χ0) is 16.1. The molecule has 2 saturated heterocycles. The Morgan fingerprint density at radius 2 is 2.25 bits per heavy atom. The van der Waals surface area contributed by atoms with Crippen LogP contribution in [0.25, 0.3) is 22.4 Å². The van der Waals surface area contributed by atoms with Crippen molar-refractivity contribution >= 4 is 22.8 Å². The van der Waals surface area contributed by atoms with Crippen molar-refractivity contribution in [1.82, 2.24) is 25.1 Å². The van der Waals surface area contributed by atoms with Gasteiger partial charge in [0.15, 0.2) is 11.8 Å². The molecule has 5 rings (SSSR count). The van der Waals surface area contributed by atoms with E-state index in [9.17, 15) is 0 Å². The summed E-state index contributed by atoms with van der Waals surface area (Å²) in [4.78, 5) is 12.0. The number of H-pyrrole nitrogens is 2. The summed E-state index contributed by atoms with van der Waals surface area (Å²) in [6, 6.07) is 2.18. The summed E-state index contributed by atoms with van der Waals surface area (Å²) >= 11 is 6.31. The summed E-state index contributed by atoms with van der Waals surface area (Å²) in [5.41, 5.74) is 2.68. The third-order valence-electron chi connectivity index (χ3n) is 4.36. The number of pyridine rings is 1. The van der Waals surface area contributed by atoms with Gasteiger partial charge in [0.25, 0.3) is 6.01 Å². The molecule has 0 amide bonds. The maximum atomic E-state index is 6.31. The molecule has 2 aliphatic rings. The molecule has 8 nitrogen and oxygen atoms in total.